The predicted molar refractivity (Wildman–Crippen MR) is 65.1 cm³/mol. The molecule has 0 amide bonds. The quantitative estimate of drug-likeness (QED) is 0.802. The number of anilines is 1. The molecule has 0 aromatic carbocycles. The number of aryl methyl sites for hydroxylation is 1. The number of pyridine rings is 1. The van der Waals surface area contributed by atoms with Crippen LogP contribution < -0.4 is 10.6 Å². The Morgan fingerprint density at radius 2 is 2.13 bits per heavy atom. The molecule has 84 valence electrons. The molecule has 0 bridgehead atoms. The van der Waals surface area contributed by atoms with Crippen LogP contribution in [0.4, 0.5) is 5.82 Å². The van der Waals surface area contributed by atoms with E-state index in [9.17, 15) is 0 Å². The summed E-state index contributed by atoms with van der Waals surface area (Å²) in [7, 11) is 0. The van der Waals surface area contributed by atoms with Crippen LogP contribution in [0.5, 0.6) is 0 Å². The van der Waals surface area contributed by atoms with Gasteiger partial charge in [-0.2, -0.15) is 0 Å². The second-order valence-corrected chi connectivity index (χ2v) is 4.07. The Morgan fingerprint density at radius 3 is 2.67 bits per heavy atom. The zero-order chi connectivity index (χ0) is 11.3. The summed E-state index contributed by atoms with van der Waals surface area (Å²) in [6, 6.07) is 6.59. The first-order valence-corrected chi connectivity index (χ1v) is 5.55. The summed E-state index contributed by atoms with van der Waals surface area (Å²) in [5, 5.41) is 0. The van der Waals surface area contributed by atoms with Crippen molar-refractivity contribution in [1.82, 2.24) is 4.98 Å². The van der Waals surface area contributed by atoms with Crippen LogP contribution in [0, 0.1) is 6.92 Å². The Morgan fingerprint density at radius 1 is 1.40 bits per heavy atom. The highest BCUT2D eigenvalue weighted by Gasteiger charge is 2.10. The van der Waals surface area contributed by atoms with Gasteiger partial charge in [-0.3, -0.25) is 0 Å². The summed E-state index contributed by atoms with van der Waals surface area (Å²) in [4.78, 5) is 6.82. The minimum absolute atomic E-state index is 0.464. The SMILES string of the molecule is Cc1cccc(N(CCCN)C(C)C)n1. The highest BCUT2D eigenvalue weighted by Crippen LogP contribution is 2.14. The zero-order valence-electron chi connectivity index (χ0n) is 9.90. The molecule has 0 unspecified atom stereocenters. The molecule has 0 aliphatic heterocycles. The standard InChI is InChI=1S/C12H21N3/c1-10(2)15(9-5-8-13)12-7-4-6-11(3)14-12/h4,6-7,10H,5,8-9,13H2,1-3H3. The fourth-order valence-corrected chi connectivity index (χ4v) is 1.59. The van der Waals surface area contributed by atoms with Crippen LogP contribution in [0.15, 0.2) is 18.2 Å². The molecule has 1 aromatic heterocycles. The molecule has 1 rings (SSSR count). The van der Waals surface area contributed by atoms with Gasteiger partial charge in [-0.05, 0) is 45.9 Å². The number of hydrogen-bond acceptors (Lipinski definition) is 3. The van der Waals surface area contributed by atoms with Crippen molar-refractivity contribution < 1.29 is 0 Å². The number of aromatic nitrogens is 1. The van der Waals surface area contributed by atoms with Crippen LogP contribution in [0.1, 0.15) is 26.0 Å². The van der Waals surface area contributed by atoms with Gasteiger partial charge >= 0.3 is 0 Å². The maximum atomic E-state index is 5.54. The molecule has 0 saturated carbocycles. The van der Waals surface area contributed by atoms with Gasteiger partial charge in [-0.15, -0.1) is 0 Å². The summed E-state index contributed by atoms with van der Waals surface area (Å²) in [5.74, 6) is 1.05. The monoisotopic (exact) mass is 207 g/mol. The van der Waals surface area contributed by atoms with Gasteiger partial charge in [0.15, 0.2) is 0 Å². The lowest BCUT2D eigenvalue weighted by molar-refractivity contribution is 0.648. The van der Waals surface area contributed by atoms with Crippen molar-refractivity contribution in [3.63, 3.8) is 0 Å². The van der Waals surface area contributed by atoms with E-state index in [1.807, 2.05) is 13.0 Å². The van der Waals surface area contributed by atoms with Gasteiger partial charge < -0.3 is 10.6 Å². The number of nitrogens with two attached hydrogens (primary N) is 1. The van der Waals surface area contributed by atoms with Gasteiger partial charge in [0.05, 0.1) is 0 Å². The molecule has 0 radical (unpaired) electrons. The molecule has 1 heterocycles. The molecule has 0 aliphatic carbocycles. The molecule has 15 heavy (non-hydrogen) atoms. The van der Waals surface area contributed by atoms with Crippen LogP contribution in [0.25, 0.3) is 0 Å². The van der Waals surface area contributed by atoms with E-state index in [0.717, 1.165) is 31.0 Å². The fraction of sp³-hybridized carbons (Fsp3) is 0.583. The van der Waals surface area contributed by atoms with Gasteiger partial charge in [0, 0.05) is 18.3 Å². The maximum absolute atomic E-state index is 5.54. The van der Waals surface area contributed by atoms with E-state index in [4.69, 9.17) is 5.73 Å². The van der Waals surface area contributed by atoms with Gasteiger partial charge in [0.1, 0.15) is 5.82 Å². The van der Waals surface area contributed by atoms with Crippen LogP contribution in [-0.4, -0.2) is 24.1 Å². The Kier molecular flexibility index (Phi) is 4.56. The zero-order valence-corrected chi connectivity index (χ0v) is 9.90. The second-order valence-electron chi connectivity index (χ2n) is 4.07. The van der Waals surface area contributed by atoms with Gasteiger partial charge in [0.2, 0.25) is 0 Å². The van der Waals surface area contributed by atoms with E-state index in [1.54, 1.807) is 0 Å². The van der Waals surface area contributed by atoms with Crippen LogP contribution in [-0.2, 0) is 0 Å². The fourth-order valence-electron chi connectivity index (χ4n) is 1.59. The van der Waals surface area contributed by atoms with Crippen LogP contribution in [0.2, 0.25) is 0 Å². The van der Waals surface area contributed by atoms with E-state index >= 15 is 0 Å². The topological polar surface area (TPSA) is 42.1 Å². The van der Waals surface area contributed by atoms with Crippen molar-refractivity contribution >= 4 is 5.82 Å². The van der Waals surface area contributed by atoms with E-state index < -0.39 is 0 Å². The lowest BCUT2D eigenvalue weighted by Gasteiger charge is -2.27. The number of rotatable bonds is 5. The molecule has 0 spiro atoms. The third kappa shape index (κ3) is 3.51. The largest absolute Gasteiger partial charge is 0.354 e. The molecule has 0 aliphatic rings. The summed E-state index contributed by atoms with van der Waals surface area (Å²) >= 11 is 0. The van der Waals surface area contributed by atoms with E-state index in [-0.39, 0.29) is 0 Å². The summed E-state index contributed by atoms with van der Waals surface area (Å²) in [6.45, 7) is 8.09. The van der Waals surface area contributed by atoms with Crippen LogP contribution in [0.3, 0.4) is 0 Å². The van der Waals surface area contributed by atoms with Gasteiger partial charge in [-0.25, -0.2) is 4.98 Å². The van der Waals surface area contributed by atoms with Crippen molar-refractivity contribution in [2.75, 3.05) is 18.0 Å². The Bertz CT molecular complexity index is 297. The molecule has 0 fully saturated rings. The van der Waals surface area contributed by atoms with E-state index in [2.05, 4.69) is 35.9 Å². The second kappa shape index (κ2) is 5.71. The smallest absolute Gasteiger partial charge is 0.129 e. The number of nitrogens with zero attached hydrogens (tertiary/aromatic N) is 2. The molecular weight excluding hydrogens is 186 g/mol. The Labute approximate surface area is 92.3 Å². The molecule has 3 heteroatoms. The Balaban J connectivity index is 2.79. The highest BCUT2D eigenvalue weighted by molar-refractivity contribution is 5.39. The number of hydrogen-bond donors (Lipinski definition) is 1. The van der Waals surface area contributed by atoms with Crippen molar-refractivity contribution in [3.8, 4) is 0 Å². The minimum atomic E-state index is 0.464. The van der Waals surface area contributed by atoms with Gasteiger partial charge in [-0.1, -0.05) is 6.07 Å². The van der Waals surface area contributed by atoms with Crippen molar-refractivity contribution in [3.05, 3.63) is 23.9 Å². The first-order chi connectivity index (χ1) is 7.15. The predicted octanol–water partition coefficient (Wildman–Crippen LogP) is 1.95. The van der Waals surface area contributed by atoms with Crippen molar-refractivity contribution in [1.29, 1.82) is 0 Å². The summed E-state index contributed by atoms with van der Waals surface area (Å²) < 4.78 is 0. The summed E-state index contributed by atoms with van der Waals surface area (Å²) in [5.41, 5.74) is 6.60. The van der Waals surface area contributed by atoms with Gasteiger partial charge in [0.25, 0.3) is 0 Å². The van der Waals surface area contributed by atoms with Crippen molar-refractivity contribution in [2.24, 2.45) is 5.73 Å². The third-order valence-electron chi connectivity index (χ3n) is 2.39. The molecular formula is C12H21N3. The lowest BCUT2D eigenvalue weighted by atomic mass is 10.2. The molecule has 1 aromatic rings. The Hall–Kier alpha value is -1.09. The molecule has 0 atom stereocenters. The average molecular weight is 207 g/mol. The maximum Gasteiger partial charge on any atom is 0.129 e. The molecule has 0 saturated heterocycles. The first kappa shape index (κ1) is 12.0. The first-order valence-electron chi connectivity index (χ1n) is 5.55. The average Bonchev–Trinajstić information content (AvgIpc) is 2.18. The summed E-state index contributed by atoms with van der Waals surface area (Å²) in [6.07, 6.45) is 1.01. The van der Waals surface area contributed by atoms with Crippen molar-refractivity contribution in [2.45, 2.75) is 33.2 Å². The normalized spacial score (nSPS) is 10.7. The van der Waals surface area contributed by atoms with E-state index in [1.165, 1.54) is 0 Å². The third-order valence-corrected chi connectivity index (χ3v) is 2.39. The minimum Gasteiger partial charge on any atom is -0.354 e. The lowest BCUT2D eigenvalue weighted by Crippen LogP contribution is -2.33. The van der Waals surface area contributed by atoms with E-state index in [0.29, 0.717) is 6.04 Å². The highest BCUT2D eigenvalue weighted by atomic mass is 15.2. The molecule has 3 nitrogen and oxygen atoms in total. The van der Waals surface area contributed by atoms with Crippen LogP contribution >= 0.6 is 0 Å². The molecule has 2 N–H and O–H groups in total.